The van der Waals surface area contributed by atoms with Crippen LogP contribution in [0.5, 0.6) is 0 Å². The van der Waals surface area contributed by atoms with Gasteiger partial charge in [0, 0.05) is 23.8 Å². The summed E-state index contributed by atoms with van der Waals surface area (Å²) in [5, 5.41) is 0. The Morgan fingerprint density at radius 2 is 1.08 bits per heavy atom. The number of hydrogen-bond acceptors (Lipinski definition) is 0. The maximum absolute atomic E-state index is 2.44. The van der Waals surface area contributed by atoms with Crippen LogP contribution in [0.1, 0.15) is 47.2 Å². The van der Waals surface area contributed by atoms with E-state index < -0.39 is 5.41 Å². The van der Waals surface area contributed by atoms with Gasteiger partial charge in [-0.3, -0.25) is 0 Å². The van der Waals surface area contributed by atoms with E-state index in [1.54, 1.807) is 0 Å². The Bertz CT molecular complexity index is 1530. The molecule has 0 bridgehead atoms. The second-order valence-electron chi connectivity index (χ2n) is 10.3. The van der Waals surface area contributed by atoms with E-state index >= 15 is 0 Å². The first-order valence-electron chi connectivity index (χ1n) is 13.4. The second kappa shape index (κ2) is 9.12. The molecule has 0 unspecified atom stereocenters. The van der Waals surface area contributed by atoms with Gasteiger partial charge in [0.2, 0.25) is 0 Å². The molecule has 37 heavy (non-hydrogen) atoms. The van der Waals surface area contributed by atoms with E-state index in [0.29, 0.717) is 0 Å². The standard InChI is InChI=1S/C35H34N2/c1-5-36-20-17-27(18-21-36)28-11-16-31-32-19-22-37(6-2)24-34(32)35(33(31)23-28,29-12-7-25(3)8-13-29)30-14-9-26(4)10-15-30/h7-24H,5-6H2,1-4H3/q+2. The zero-order chi connectivity index (χ0) is 25.6. The van der Waals surface area contributed by atoms with Crippen LogP contribution in [0.3, 0.4) is 0 Å². The molecule has 6 rings (SSSR count). The highest BCUT2D eigenvalue weighted by molar-refractivity contribution is 5.87. The van der Waals surface area contributed by atoms with Crippen LogP contribution in [-0.2, 0) is 18.5 Å². The number of hydrogen-bond donors (Lipinski definition) is 0. The molecule has 5 aromatic rings. The second-order valence-corrected chi connectivity index (χ2v) is 10.3. The molecule has 0 radical (unpaired) electrons. The Kier molecular flexibility index (Phi) is 5.76. The van der Waals surface area contributed by atoms with E-state index in [0.717, 1.165) is 13.1 Å². The van der Waals surface area contributed by atoms with Crippen molar-refractivity contribution in [2.75, 3.05) is 0 Å². The molecular weight excluding hydrogens is 448 g/mol. The lowest BCUT2D eigenvalue weighted by atomic mass is 9.67. The molecule has 0 amide bonds. The maximum atomic E-state index is 2.44. The third-order valence-corrected chi connectivity index (χ3v) is 8.06. The van der Waals surface area contributed by atoms with Crippen LogP contribution < -0.4 is 9.13 Å². The molecule has 2 nitrogen and oxygen atoms in total. The minimum atomic E-state index is -0.391. The summed E-state index contributed by atoms with van der Waals surface area (Å²) >= 11 is 0. The summed E-state index contributed by atoms with van der Waals surface area (Å²) in [5.41, 5.74) is 12.6. The van der Waals surface area contributed by atoms with Gasteiger partial charge in [-0.15, -0.1) is 0 Å². The molecule has 3 aromatic carbocycles. The lowest BCUT2D eigenvalue weighted by molar-refractivity contribution is -0.694. The first-order valence-corrected chi connectivity index (χ1v) is 13.4. The quantitative estimate of drug-likeness (QED) is 0.235. The fourth-order valence-electron chi connectivity index (χ4n) is 5.94. The summed E-state index contributed by atoms with van der Waals surface area (Å²) in [4.78, 5) is 0. The molecule has 1 aliphatic rings. The lowest BCUT2D eigenvalue weighted by Gasteiger charge is -2.33. The number of aromatic nitrogens is 2. The number of rotatable bonds is 5. The summed E-state index contributed by atoms with van der Waals surface area (Å²) in [6.07, 6.45) is 8.95. The van der Waals surface area contributed by atoms with Gasteiger partial charge in [0.1, 0.15) is 13.1 Å². The number of aryl methyl sites for hydroxylation is 4. The van der Waals surface area contributed by atoms with Crippen molar-refractivity contribution < 1.29 is 9.13 Å². The van der Waals surface area contributed by atoms with Crippen LogP contribution in [0, 0.1) is 13.8 Å². The van der Waals surface area contributed by atoms with E-state index in [9.17, 15) is 0 Å². The molecule has 1 aliphatic carbocycles. The van der Waals surface area contributed by atoms with Gasteiger partial charge in [-0.1, -0.05) is 71.8 Å². The van der Waals surface area contributed by atoms with E-state index in [1.165, 1.54) is 55.6 Å². The van der Waals surface area contributed by atoms with Gasteiger partial charge in [-0.2, -0.15) is 0 Å². The molecule has 0 fully saturated rings. The Morgan fingerprint density at radius 1 is 0.541 bits per heavy atom. The highest BCUT2D eigenvalue weighted by atomic mass is 14.9. The predicted molar refractivity (Wildman–Crippen MR) is 150 cm³/mol. The highest BCUT2D eigenvalue weighted by Crippen LogP contribution is 2.56. The van der Waals surface area contributed by atoms with Gasteiger partial charge in [-0.05, 0) is 72.7 Å². The average molecular weight is 483 g/mol. The van der Waals surface area contributed by atoms with Crippen molar-refractivity contribution in [1.82, 2.24) is 0 Å². The van der Waals surface area contributed by atoms with Crippen molar-refractivity contribution >= 4 is 0 Å². The van der Waals surface area contributed by atoms with Gasteiger partial charge in [0.15, 0.2) is 24.8 Å². The lowest BCUT2D eigenvalue weighted by Crippen LogP contribution is -2.36. The molecule has 0 spiro atoms. The van der Waals surface area contributed by atoms with Crippen LogP contribution >= 0.6 is 0 Å². The third-order valence-electron chi connectivity index (χ3n) is 8.06. The van der Waals surface area contributed by atoms with Crippen LogP contribution in [0.4, 0.5) is 0 Å². The van der Waals surface area contributed by atoms with Crippen molar-refractivity contribution in [1.29, 1.82) is 0 Å². The van der Waals surface area contributed by atoms with Crippen LogP contribution in [0.2, 0.25) is 0 Å². The van der Waals surface area contributed by atoms with Gasteiger partial charge in [0.05, 0.1) is 5.41 Å². The Hall–Kier alpha value is -4.04. The Morgan fingerprint density at radius 3 is 1.65 bits per heavy atom. The number of nitrogens with zero attached hydrogens (tertiary/aromatic N) is 2. The number of benzene rings is 3. The van der Waals surface area contributed by atoms with Crippen molar-refractivity contribution in [2.24, 2.45) is 0 Å². The zero-order valence-electron chi connectivity index (χ0n) is 22.2. The molecule has 0 aliphatic heterocycles. The molecule has 2 heteroatoms. The summed E-state index contributed by atoms with van der Waals surface area (Å²) in [5.74, 6) is 0. The summed E-state index contributed by atoms with van der Waals surface area (Å²) in [7, 11) is 0. The third kappa shape index (κ3) is 3.71. The smallest absolute Gasteiger partial charge is 0.174 e. The summed E-state index contributed by atoms with van der Waals surface area (Å²) in [6.45, 7) is 10.6. The highest BCUT2D eigenvalue weighted by Gasteiger charge is 2.48. The molecule has 2 heterocycles. The van der Waals surface area contributed by atoms with E-state index in [-0.39, 0.29) is 0 Å². The summed E-state index contributed by atoms with van der Waals surface area (Å²) in [6, 6.07) is 32.2. The largest absolute Gasteiger partial charge is 0.205 e. The first-order chi connectivity index (χ1) is 18.0. The minimum absolute atomic E-state index is 0.391. The van der Waals surface area contributed by atoms with Gasteiger partial charge in [-0.25, -0.2) is 9.13 Å². The molecule has 2 aromatic heterocycles. The zero-order valence-corrected chi connectivity index (χ0v) is 22.2. The van der Waals surface area contributed by atoms with E-state index in [1.807, 2.05) is 0 Å². The van der Waals surface area contributed by atoms with Crippen LogP contribution in [0.15, 0.2) is 110 Å². The Labute approximate surface area is 220 Å². The van der Waals surface area contributed by atoms with E-state index in [4.69, 9.17) is 0 Å². The molecule has 0 atom stereocenters. The van der Waals surface area contributed by atoms with Crippen molar-refractivity contribution in [3.05, 3.63) is 143 Å². The molecule has 0 saturated carbocycles. The Balaban J connectivity index is 1.70. The fraction of sp³-hybridized carbons (Fsp3) is 0.200. The number of fused-ring (bicyclic) bond motifs is 3. The van der Waals surface area contributed by atoms with Gasteiger partial charge < -0.3 is 0 Å². The molecular formula is C35H34N2+2. The monoisotopic (exact) mass is 482 g/mol. The van der Waals surface area contributed by atoms with Crippen molar-refractivity contribution in [3.63, 3.8) is 0 Å². The van der Waals surface area contributed by atoms with Gasteiger partial charge >= 0.3 is 0 Å². The number of pyridine rings is 2. The van der Waals surface area contributed by atoms with Gasteiger partial charge in [0.25, 0.3) is 0 Å². The minimum Gasteiger partial charge on any atom is -0.205 e. The maximum Gasteiger partial charge on any atom is 0.174 e. The van der Waals surface area contributed by atoms with E-state index in [2.05, 4.69) is 147 Å². The first kappa shape index (κ1) is 23.4. The molecule has 0 saturated heterocycles. The average Bonchev–Trinajstić information content (AvgIpc) is 3.23. The topological polar surface area (TPSA) is 7.76 Å². The van der Waals surface area contributed by atoms with Crippen LogP contribution in [0.25, 0.3) is 22.3 Å². The normalized spacial score (nSPS) is 13.3. The predicted octanol–water partition coefficient (Wildman–Crippen LogP) is 6.95. The van der Waals surface area contributed by atoms with Crippen molar-refractivity contribution in [3.8, 4) is 22.3 Å². The SMILES string of the molecule is CC[n+]1ccc(-c2ccc3c(c2)C(c2ccc(C)cc2)(c2ccc(C)cc2)c2c[n+](CC)ccc2-3)cc1. The van der Waals surface area contributed by atoms with Crippen molar-refractivity contribution in [2.45, 2.75) is 46.2 Å². The summed E-state index contributed by atoms with van der Waals surface area (Å²) < 4.78 is 4.52. The van der Waals surface area contributed by atoms with Crippen LogP contribution in [-0.4, -0.2) is 0 Å². The molecule has 182 valence electrons. The fourth-order valence-corrected chi connectivity index (χ4v) is 5.94. The molecule has 0 N–H and O–H groups in total.